The van der Waals surface area contributed by atoms with E-state index < -0.39 is 0 Å². The topological polar surface area (TPSA) is 53.1 Å². The molecule has 0 saturated carbocycles. The number of aryl methyl sites for hydroxylation is 2. The predicted molar refractivity (Wildman–Crippen MR) is 72.9 cm³/mol. The number of hydrogen-bond acceptors (Lipinski definition) is 3. The molecule has 0 radical (unpaired) electrons. The van der Waals surface area contributed by atoms with Gasteiger partial charge < -0.3 is 10.5 Å². The van der Waals surface area contributed by atoms with Crippen LogP contribution < -0.4 is 5.73 Å². The van der Waals surface area contributed by atoms with Crippen LogP contribution in [0.1, 0.15) is 31.7 Å². The van der Waals surface area contributed by atoms with E-state index in [4.69, 9.17) is 22.1 Å². The molecule has 1 aliphatic heterocycles. The van der Waals surface area contributed by atoms with E-state index in [2.05, 4.69) is 18.9 Å². The van der Waals surface area contributed by atoms with Crippen LogP contribution in [0, 0.1) is 5.41 Å². The van der Waals surface area contributed by atoms with E-state index in [1.54, 1.807) is 0 Å². The Kier molecular flexibility index (Phi) is 4.30. The van der Waals surface area contributed by atoms with E-state index in [0.717, 1.165) is 55.4 Å². The van der Waals surface area contributed by atoms with Crippen LogP contribution in [0.2, 0.25) is 5.02 Å². The van der Waals surface area contributed by atoms with Crippen LogP contribution in [0.25, 0.3) is 0 Å². The van der Waals surface area contributed by atoms with E-state index >= 15 is 0 Å². The van der Waals surface area contributed by atoms with Crippen molar-refractivity contribution >= 4 is 11.6 Å². The summed E-state index contributed by atoms with van der Waals surface area (Å²) in [5, 5.41) is 5.38. The second-order valence-electron chi connectivity index (χ2n) is 5.06. The minimum atomic E-state index is 0.0433. The van der Waals surface area contributed by atoms with Gasteiger partial charge in [0.05, 0.1) is 23.0 Å². The second kappa shape index (κ2) is 5.59. The zero-order valence-electron chi connectivity index (χ0n) is 11.2. The van der Waals surface area contributed by atoms with Gasteiger partial charge in [0, 0.05) is 25.1 Å². The first-order valence-electron chi connectivity index (χ1n) is 6.67. The highest BCUT2D eigenvalue weighted by Gasteiger charge is 2.35. The first-order valence-corrected chi connectivity index (χ1v) is 7.05. The summed E-state index contributed by atoms with van der Waals surface area (Å²) in [4.78, 5) is 0. The Balaban J connectivity index is 2.29. The number of ether oxygens (including phenoxy) is 1. The number of rotatable bonds is 5. The fourth-order valence-electron chi connectivity index (χ4n) is 2.56. The molecule has 1 atom stereocenters. The molecule has 1 aromatic heterocycles. The fraction of sp³-hybridized carbons (Fsp3) is 0.769. The lowest BCUT2D eigenvalue weighted by molar-refractivity contribution is 0.153. The minimum Gasteiger partial charge on any atom is -0.381 e. The first kappa shape index (κ1) is 13.8. The summed E-state index contributed by atoms with van der Waals surface area (Å²) >= 11 is 6.44. The van der Waals surface area contributed by atoms with Crippen LogP contribution in [-0.4, -0.2) is 29.5 Å². The maximum absolute atomic E-state index is 6.44. The molecular weight excluding hydrogens is 250 g/mol. The second-order valence-corrected chi connectivity index (χ2v) is 5.44. The van der Waals surface area contributed by atoms with Crippen LogP contribution in [0.5, 0.6) is 0 Å². The lowest BCUT2D eigenvalue weighted by Gasteiger charge is -2.25. The van der Waals surface area contributed by atoms with E-state index in [1.165, 1.54) is 0 Å². The smallest absolute Gasteiger partial charge is 0.0850 e. The average molecular weight is 272 g/mol. The SMILES string of the molecule is CCc1nn(CC)c(CC2(CN)CCOC2)c1Cl. The summed E-state index contributed by atoms with van der Waals surface area (Å²) in [5.41, 5.74) is 8.09. The van der Waals surface area contributed by atoms with Gasteiger partial charge >= 0.3 is 0 Å². The van der Waals surface area contributed by atoms with Crippen molar-refractivity contribution in [2.24, 2.45) is 11.1 Å². The van der Waals surface area contributed by atoms with Crippen LogP contribution in [0.4, 0.5) is 0 Å². The Labute approximate surface area is 113 Å². The molecule has 5 heteroatoms. The molecule has 0 amide bonds. The van der Waals surface area contributed by atoms with Gasteiger partial charge in [0.2, 0.25) is 0 Å². The Morgan fingerprint density at radius 3 is 2.78 bits per heavy atom. The third-order valence-electron chi connectivity index (χ3n) is 3.85. The summed E-state index contributed by atoms with van der Waals surface area (Å²) in [6.07, 6.45) is 2.74. The third kappa shape index (κ3) is 2.42. The van der Waals surface area contributed by atoms with Crippen molar-refractivity contribution < 1.29 is 4.74 Å². The highest BCUT2D eigenvalue weighted by Crippen LogP contribution is 2.34. The predicted octanol–water partition coefficient (Wildman–Crippen LogP) is 2.03. The van der Waals surface area contributed by atoms with E-state index in [-0.39, 0.29) is 5.41 Å². The molecule has 1 saturated heterocycles. The van der Waals surface area contributed by atoms with Crippen LogP contribution in [0.3, 0.4) is 0 Å². The molecule has 2 N–H and O–H groups in total. The van der Waals surface area contributed by atoms with Crippen molar-refractivity contribution in [1.82, 2.24) is 9.78 Å². The maximum atomic E-state index is 6.44. The fourth-order valence-corrected chi connectivity index (χ4v) is 2.90. The Morgan fingerprint density at radius 2 is 2.28 bits per heavy atom. The molecule has 102 valence electrons. The van der Waals surface area contributed by atoms with Gasteiger partial charge in [-0.1, -0.05) is 18.5 Å². The van der Waals surface area contributed by atoms with Gasteiger partial charge in [-0.25, -0.2) is 0 Å². The molecule has 2 rings (SSSR count). The van der Waals surface area contributed by atoms with Crippen molar-refractivity contribution in [1.29, 1.82) is 0 Å². The molecule has 0 bridgehead atoms. The lowest BCUT2D eigenvalue weighted by atomic mass is 9.82. The van der Waals surface area contributed by atoms with Crippen molar-refractivity contribution in [3.63, 3.8) is 0 Å². The van der Waals surface area contributed by atoms with Gasteiger partial charge in [-0.05, 0) is 26.2 Å². The van der Waals surface area contributed by atoms with Gasteiger partial charge in [-0.3, -0.25) is 4.68 Å². The third-order valence-corrected chi connectivity index (χ3v) is 4.29. The number of aromatic nitrogens is 2. The molecule has 0 aliphatic carbocycles. The zero-order valence-corrected chi connectivity index (χ0v) is 12.0. The monoisotopic (exact) mass is 271 g/mol. The van der Waals surface area contributed by atoms with Gasteiger partial charge in [0.25, 0.3) is 0 Å². The van der Waals surface area contributed by atoms with Crippen molar-refractivity contribution in [3.8, 4) is 0 Å². The molecule has 1 aromatic rings. The van der Waals surface area contributed by atoms with Crippen molar-refractivity contribution in [2.45, 2.75) is 39.7 Å². The molecule has 1 aliphatic rings. The summed E-state index contributed by atoms with van der Waals surface area (Å²) in [6, 6.07) is 0. The average Bonchev–Trinajstić information content (AvgIpc) is 2.97. The number of nitrogens with zero attached hydrogens (tertiary/aromatic N) is 2. The maximum Gasteiger partial charge on any atom is 0.0850 e. The zero-order chi connectivity index (χ0) is 13.2. The summed E-state index contributed by atoms with van der Waals surface area (Å²) < 4.78 is 7.53. The number of halogens is 1. The molecule has 2 heterocycles. The highest BCUT2D eigenvalue weighted by atomic mass is 35.5. The quantitative estimate of drug-likeness (QED) is 0.892. The van der Waals surface area contributed by atoms with E-state index in [0.29, 0.717) is 6.54 Å². The first-order chi connectivity index (χ1) is 8.65. The Hall–Kier alpha value is -0.580. The molecular formula is C13H22ClN3O. The van der Waals surface area contributed by atoms with Gasteiger partial charge in [-0.15, -0.1) is 0 Å². The van der Waals surface area contributed by atoms with Gasteiger partial charge in [0.15, 0.2) is 0 Å². The normalized spacial score (nSPS) is 23.8. The Morgan fingerprint density at radius 1 is 1.50 bits per heavy atom. The summed E-state index contributed by atoms with van der Waals surface area (Å²) in [6.45, 7) is 7.18. The van der Waals surface area contributed by atoms with E-state index in [9.17, 15) is 0 Å². The number of hydrogen-bond donors (Lipinski definition) is 1. The molecule has 0 aromatic carbocycles. The summed E-state index contributed by atoms with van der Waals surface area (Å²) in [5.74, 6) is 0. The Bertz CT molecular complexity index is 411. The highest BCUT2D eigenvalue weighted by molar-refractivity contribution is 6.31. The van der Waals surface area contributed by atoms with Crippen molar-refractivity contribution in [2.75, 3.05) is 19.8 Å². The largest absolute Gasteiger partial charge is 0.381 e. The standard InChI is InChI=1S/C13H22ClN3O/c1-3-10-12(14)11(17(4-2)16-10)7-13(8-15)5-6-18-9-13/h3-9,15H2,1-2H3. The van der Waals surface area contributed by atoms with Gasteiger partial charge in [0.1, 0.15) is 0 Å². The summed E-state index contributed by atoms with van der Waals surface area (Å²) in [7, 11) is 0. The molecule has 18 heavy (non-hydrogen) atoms. The van der Waals surface area contributed by atoms with Crippen LogP contribution >= 0.6 is 11.6 Å². The lowest BCUT2D eigenvalue weighted by Crippen LogP contribution is -2.34. The van der Waals surface area contributed by atoms with Crippen molar-refractivity contribution in [3.05, 3.63) is 16.4 Å². The number of nitrogens with two attached hydrogens (primary N) is 1. The molecule has 4 nitrogen and oxygen atoms in total. The molecule has 1 fully saturated rings. The molecule has 1 unspecified atom stereocenters. The van der Waals surface area contributed by atoms with Crippen LogP contribution in [-0.2, 0) is 24.1 Å². The minimum absolute atomic E-state index is 0.0433. The van der Waals surface area contributed by atoms with E-state index in [1.807, 2.05) is 4.68 Å². The van der Waals surface area contributed by atoms with Gasteiger partial charge in [-0.2, -0.15) is 5.10 Å². The van der Waals surface area contributed by atoms with Crippen LogP contribution in [0.15, 0.2) is 0 Å². The molecule has 0 spiro atoms.